The summed E-state index contributed by atoms with van der Waals surface area (Å²) in [7, 11) is 0. The number of hydrogen-bond acceptors (Lipinski definition) is 4. The molecule has 0 bridgehead atoms. The second kappa shape index (κ2) is 7.48. The minimum absolute atomic E-state index is 0.0474. The minimum atomic E-state index is -1.26. The van der Waals surface area contributed by atoms with E-state index in [4.69, 9.17) is 0 Å². The fourth-order valence-corrected chi connectivity index (χ4v) is 3.73. The molecule has 8 heteroatoms. The zero-order chi connectivity index (χ0) is 20.5. The SMILES string of the molecule is O=C1CN(Cc2c(C(=O)O)c3cccc(F)c3c(=O)n2-c2ccccc2)CCN1. The number of carboxylic acids is 1. The van der Waals surface area contributed by atoms with Gasteiger partial charge in [-0.3, -0.25) is 19.1 Å². The highest BCUT2D eigenvalue weighted by Crippen LogP contribution is 2.25. The second-order valence-corrected chi connectivity index (χ2v) is 6.83. The maximum atomic E-state index is 14.6. The Bertz CT molecular complexity index is 1170. The maximum absolute atomic E-state index is 14.6. The van der Waals surface area contributed by atoms with Crippen molar-refractivity contribution in [1.29, 1.82) is 0 Å². The van der Waals surface area contributed by atoms with Crippen molar-refractivity contribution in [2.24, 2.45) is 0 Å². The van der Waals surface area contributed by atoms with Crippen LogP contribution in [0.2, 0.25) is 0 Å². The van der Waals surface area contributed by atoms with Crippen LogP contribution in [0.15, 0.2) is 53.3 Å². The van der Waals surface area contributed by atoms with E-state index in [0.717, 1.165) is 6.07 Å². The monoisotopic (exact) mass is 395 g/mol. The molecule has 1 aliphatic heterocycles. The molecule has 1 fully saturated rings. The number of para-hydroxylation sites is 1. The van der Waals surface area contributed by atoms with Crippen molar-refractivity contribution >= 4 is 22.6 Å². The summed E-state index contributed by atoms with van der Waals surface area (Å²) in [5.41, 5.74) is -0.136. The number of nitrogens with zero attached hydrogens (tertiary/aromatic N) is 2. The summed E-state index contributed by atoms with van der Waals surface area (Å²) in [5.74, 6) is -2.21. The average molecular weight is 395 g/mol. The number of fused-ring (bicyclic) bond motifs is 1. The summed E-state index contributed by atoms with van der Waals surface area (Å²) >= 11 is 0. The quantitative estimate of drug-likeness (QED) is 0.703. The lowest BCUT2D eigenvalue weighted by molar-refractivity contribution is -0.124. The Morgan fingerprint density at radius 2 is 1.86 bits per heavy atom. The van der Waals surface area contributed by atoms with E-state index in [1.807, 2.05) is 0 Å². The number of amides is 1. The summed E-state index contributed by atoms with van der Waals surface area (Å²) in [4.78, 5) is 39.0. The molecular weight excluding hydrogens is 377 g/mol. The lowest BCUT2D eigenvalue weighted by Gasteiger charge is -2.28. The van der Waals surface area contributed by atoms with Gasteiger partial charge in [0.1, 0.15) is 5.82 Å². The lowest BCUT2D eigenvalue weighted by Crippen LogP contribution is -2.47. The number of carbonyl (C=O) groups is 2. The molecule has 7 nitrogen and oxygen atoms in total. The van der Waals surface area contributed by atoms with Crippen LogP contribution in [0.4, 0.5) is 4.39 Å². The summed E-state index contributed by atoms with van der Waals surface area (Å²) in [6.07, 6.45) is 0. The van der Waals surface area contributed by atoms with E-state index < -0.39 is 17.3 Å². The van der Waals surface area contributed by atoms with Gasteiger partial charge in [-0.25, -0.2) is 9.18 Å². The van der Waals surface area contributed by atoms with E-state index in [1.165, 1.54) is 16.7 Å². The van der Waals surface area contributed by atoms with Gasteiger partial charge < -0.3 is 10.4 Å². The van der Waals surface area contributed by atoms with Gasteiger partial charge in [-0.05, 0) is 18.2 Å². The predicted octanol–water partition coefficient (Wildman–Crippen LogP) is 1.76. The van der Waals surface area contributed by atoms with E-state index in [0.29, 0.717) is 18.8 Å². The number of aromatic nitrogens is 1. The first kappa shape index (κ1) is 18.8. The molecule has 4 rings (SSSR count). The first-order valence-electron chi connectivity index (χ1n) is 9.11. The number of benzene rings is 2. The van der Waals surface area contributed by atoms with Crippen molar-refractivity contribution in [3.8, 4) is 5.69 Å². The smallest absolute Gasteiger partial charge is 0.338 e. The number of carboxylic acid groups (broad SMARTS) is 1. The number of rotatable bonds is 4. The van der Waals surface area contributed by atoms with Crippen LogP contribution in [0, 0.1) is 5.82 Å². The van der Waals surface area contributed by atoms with E-state index in [2.05, 4.69) is 5.32 Å². The third kappa shape index (κ3) is 3.38. The Balaban J connectivity index is 2.05. The Labute approximate surface area is 165 Å². The number of aromatic carboxylic acids is 1. The summed E-state index contributed by atoms with van der Waals surface area (Å²) in [6, 6.07) is 12.5. The van der Waals surface area contributed by atoms with E-state index in [1.54, 1.807) is 35.2 Å². The van der Waals surface area contributed by atoms with Crippen LogP contribution < -0.4 is 10.9 Å². The summed E-state index contributed by atoms with van der Waals surface area (Å²) < 4.78 is 15.8. The van der Waals surface area contributed by atoms with Crippen LogP contribution in [0.5, 0.6) is 0 Å². The maximum Gasteiger partial charge on any atom is 0.338 e. The molecule has 1 aromatic heterocycles. The molecule has 29 heavy (non-hydrogen) atoms. The number of halogens is 1. The van der Waals surface area contributed by atoms with Gasteiger partial charge in [0.15, 0.2) is 0 Å². The largest absolute Gasteiger partial charge is 0.478 e. The number of carbonyl (C=O) groups excluding carboxylic acids is 1. The van der Waals surface area contributed by atoms with Crippen LogP contribution in [0.1, 0.15) is 16.1 Å². The highest BCUT2D eigenvalue weighted by molar-refractivity contribution is 6.04. The molecule has 0 atom stereocenters. The Kier molecular flexibility index (Phi) is 4.85. The van der Waals surface area contributed by atoms with Crippen LogP contribution >= 0.6 is 0 Å². The van der Waals surface area contributed by atoms with Crippen LogP contribution in [-0.4, -0.2) is 46.1 Å². The Hall–Kier alpha value is -3.52. The van der Waals surface area contributed by atoms with Gasteiger partial charge in [-0.2, -0.15) is 0 Å². The summed E-state index contributed by atoms with van der Waals surface area (Å²) in [5, 5.41) is 12.5. The Morgan fingerprint density at radius 1 is 1.10 bits per heavy atom. The van der Waals surface area contributed by atoms with E-state index in [-0.39, 0.29) is 41.0 Å². The van der Waals surface area contributed by atoms with Crippen molar-refractivity contribution in [2.75, 3.05) is 19.6 Å². The fraction of sp³-hybridized carbons (Fsp3) is 0.190. The number of piperazine rings is 1. The molecule has 0 unspecified atom stereocenters. The molecular formula is C21H18FN3O4. The molecule has 2 N–H and O–H groups in total. The van der Waals surface area contributed by atoms with E-state index >= 15 is 0 Å². The first-order valence-corrected chi connectivity index (χ1v) is 9.11. The first-order chi connectivity index (χ1) is 14.0. The predicted molar refractivity (Wildman–Crippen MR) is 105 cm³/mol. The normalized spacial score (nSPS) is 14.7. The summed E-state index contributed by atoms with van der Waals surface area (Å²) in [6.45, 7) is 1.09. The lowest BCUT2D eigenvalue weighted by atomic mass is 10.0. The van der Waals surface area contributed by atoms with Crippen LogP contribution in [0.3, 0.4) is 0 Å². The Morgan fingerprint density at radius 3 is 2.55 bits per heavy atom. The molecule has 0 saturated carbocycles. The topological polar surface area (TPSA) is 91.6 Å². The van der Waals surface area contributed by atoms with E-state index in [9.17, 15) is 23.9 Å². The molecule has 1 amide bonds. The van der Waals surface area contributed by atoms with Crippen LogP contribution in [-0.2, 0) is 11.3 Å². The third-order valence-electron chi connectivity index (χ3n) is 4.98. The van der Waals surface area contributed by atoms with Crippen LogP contribution in [0.25, 0.3) is 16.5 Å². The molecule has 0 radical (unpaired) electrons. The van der Waals surface area contributed by atoms with Gasteiger partial charge in [0.2, 0.25) is 5.91 Å². The number of hydrogen-bond donors (Lipinski definition) is 2. The highest BCUT2D eigenvalue weighted by atomic mass is 19.1. The molecule has 1 aliphatic rings. The van der Waals surface area contributed by atoms with Crippen molar-refractivity contribution in [1.82, 2.24) is 14.8 Å². The van der Waals surface area contributed by atoms with Gasteiger partial charge in [0.05, 0.1) is 23.2 Å². The molecule has 148 valence electrons. The number of pyridine rings is 1. The molecule has 0 spiro atoms. The molecule has 2 aromatic carbocycles. The third-order valence-corrected chi connectivity index (χ3v) is 4.98. The van der Waals surface area contributed by atoms with Gasteiger partial charge in [-0.15, -0.1) is 0 Å². The van der Waals surface area contributed by atoms with Crippen molar-refractivity contribution in [3.63, 3.8) is 0 Å². The zero-order valence-corrected chi connectivity index (χ0v) is 15.4. The minimum Gasteiger partial charge on any atom is -0.478 e. The van der Waals surface area contributed by atoms with Gasteiger partial charge in [0.25, 0.3) is 5.56 Å². The highest BCUT2D eigenvalue weighted by Gasteiger charge is 2.26. The molecule has 1 saturated heterocycles. The standard InChI is InChI=1S/C21H18FN3O4/c22-15-8-4-7-14-18(15)20(27)25(13-5-2-1-3-6-13)16(19(14)21(28)29)11-24-10-9-23-17(26)12-24/h1-8H,9-12H2,(H,23,26)(H,28,29). The fourth-order valence-electron chi connectivity index (χ4n) is 3.73. The van der Waals surface area contributed by atoms with Crippen molar-refractivity contribution in [3.05, 3.63) is 76.0 Å². The zero-order valence-electron chi connectivity index (χ0n) is 15.4. The molecule has 3 aromatic rings. The number of nitrogens with one attached hydrogen (secondary N) is 1. The van der Waals surface area contributed by atoms with Gasteiger partial charge in [0, 0.05) is 30.7 Å². The van der Waals surface area contributed by atoms with Gasteiger partial charge >= 0.3 is 5.97 Å². The average Bonchev–Trinajstić information content (AvgIpc) is 2.68. The van der Waals surface area contributed by atoms with Gasteiger partial charge in [-0.1, -0.05) is 30.3 Å². The molecule has 2 heterocycles. The van der Waals surface area contributed by atoms with Crippen molar-refractivity contribution < 1.29 is 19.1 Å². The van der Waals surface area contributed by atoms with Crippen molar-refractivity contribution in [2.45, 2.75) is 6.54 Å². The second-order valence-electron chi connectivity index (χ2n) is 6.83. The molecule has 0 aliphatic carbocycles.